The maximum atomic E-state index is 12.8. The molecule has 25 heavy (non-hydrogen) atoms. The van der Waals surface area contributed by atoms with Crippen molar-refractivity contribution in [2.75, 3.05) is 31.2 Å². The van der Waals surface area contributed by atoms with E-state index in [0.717, 1.165) is 41.4 Å². The summed E-state index contributed by atoms with van der Waals surface area (Å²) in [5, 5.41) is 0. The van der Waals surface area contributed by atoms with Gasteiger partial charge in [0.1, 0.15) is 0 Å². The minimum Gasteiger partial charge on any atom is -0.378 e. The molecule has 2 aliphatic heterocycles. The SMILES string of the molecule is Cc1ccc(C(=O)N2Cc3cnc(N4CCOCC4)nc3C2)cc1C. The first-order valence-corrected chi connectivity index (χ1v) is 8.66. The fourth-order valence-corrected chi connectivity index (χ4v) is 3.26. The lowest BCUT2D eigenvalue weighted by Gasteiger charge is -2.26. The Hall–Kier alpha value is -2.47. The highest BCUT2D eigenvalue weighted by Gasteiger charge is 2.27. The van der Waals surface area contributed by atoms with Crippen molar-refractivity contribution in [3.05, 3.63) is 52.3 Å². The van der Waals surface area contributed by atoms with Crippen molar-refractivity contribution in [1.82, 2.24) is 14.9 Å². The normalized spacial score (nSPS) is 16.9. The van der Waals surface area contributed by atoms with Crippen LogP contribution < -0.4 is 4.90 Å². The largest absolute Gasteiger partial charge is 0.378 e. The summed E-state index contributed by atoms with van der Waals surface area (Å²) >= 11 is 0. The predicted molar refractivity (Wildman–Crippen MR) is 94.6 cm³/mol. The second kappa shape index (κ2) is 6.44. The molecular formula is C19H22N4O2. The van der Waals surface area contributed by atoms with Gasteiger partial charge in [0.25, 0.3) is 5.91 Å². The molecule has 1 aromatic carbocycles. The molecule has 1 amide bonds. The molecule has 0 aliphatic carbocycles. The third-order valence-electron chi connectivity index (χ3n) is 4.98. The summed E-state index contributed by atoms with van der Waals surface area (Å²) in [5.41, 5.74) is 5.05. The number of aryl methyl sites for hydroxylation is 2. The minimum atomic E-state index is 0.0500. The Balaban J connectivity index is 1.52. The van der Waals surface area contributed by atoms with Gasteiger partial charge in [-0.25, -0.2) is 9.97 Å². The van der Waals surface area contributed by atoms with Gasteiger partial charge in [-0.05, 0) is 37.1 Å². The molecule has 0 unspecified atom stereocenters. The van der Waals surface area contributed by atoms with Crippen molar-refractivity contribution in [2.24, 2.45) is 0 Å². The Morgan fingerprint density at radius 2 is 1.92 bits per heavy atom. The lowest BCUT2D eigenvalue weighted by molar-refractivity contribution is 0.0750. The van der Waals surface area contributed by atoms with Gasteiger partial charge in [-0.3, -0.25) is 4.79 Å². The van der Waals surface area contributed by atoms with Crippen LogP contribution in [0.3, 0.4) is 0 Å². The highest BCUT2D eigenvalue weighted by molar-refractivity contribution is 5.94. The number of carbonyl (C=O) groups excluding carboxylic acids is 1. The number of ether oxygens (including phenoxy) is 1. The van der Waals surface area contributed by atoms with Crippen LogP contribution in [-0.4, -0.2) is 47.1 Å². The van der Waals surface area contributed by atoms with Gasteiger partial charge in [-0.1, -0.05) is 6.07 Å². The van der Waals surface area contributed by atoms with E-state index in [-0.39, 0.29) is 5.91 Å². The molecule has 4 rings (SSSR count). The van der Waals surface area contributed by atoms with Crippen molar-refractivity contribution in [2.45, 2.75) is 26.9 Å². The van der Waals surface area contributed by atoms with Crippen LogP contribution in [0.1, 0.15) is 32.7 Å². The molecule has 0 atom stereocenters. The van der Waals surface area contributed by atoms with Crippen LogP contribution in [0.15, 0.2) is 24.4 Å². The number of amides is 1. The van der Waals surface area contributed by atoms with E-state index in [9.17, 15) is 4.79 Å². The summed E-state index contributed by atoms with van der Waals surface area (Å²) in [6, 6.07) is 5.87. The number of hydrogen-bond donors (Lipinski definition) is 0. The fraction of sp³-hybridized carbons (Fsp3) is 0.421. The number of anilines is 1. The molecule has 6 heteroatoms. The zero-order valence-corrected chi connectivity index (χ0v) is 14.7. The summed E-state index contributed by atoms with van der Waals surface area (Å²) < 4.78 is 5.38. The van der Waals surface area contributed by atoms with Crippen molar-refractivity contribution < 1.29 is 9.53 Å². The van der Waals surface area contributed by atoms with Gasteiger partial charge in [0.05, 0.1) is 25.5 Å². The van der Waals surface area contributed by atoms with Gasteiger partial charge in [0.2, 0.25) is 5.95 Å². The molecule has 3 heterocycles. The molecule has 0 spiro atoms. The third-order valence-corrected chi connectivity index (χ3v) is 4.98. The topological polar surface area (TPSA) is 58.6 Å². The average molecular weight is 338 g/mol. The van der Waals surface area contributed by atoms with Gasteiger partial charge in [-0.15, -0.1) is 0 Å². The van der Waals surface area contributed by atoms with Gasteiger partial charge in [-0.2, -0.15) is 0 Å². The predicted octanol–water partition coefficient (Wildman–Crippen LogP) is 2.09. The van der Waals surface area contributed by atoms with Crippen LogP contribution in [0.2, 0.25) is 0 Å². The van der Waals surface area contributed by atoms with E-state index in [1.807, 2.05) is 36.2 Å². The first kappa shape index (κ1) is 16.0. The summed E-state index contributed by atoms with van der Waals surface area (Å²) in [4.78, 5) is 26.0. The lowest BCUT2D eigenvalue weighted by Crippen LogP contribution is -2.37. The number of carbonyl (C=O) groups is 1. The Morgan fingerprint density at radius 1 is 1.12 bits per heavy atom. The molecule has 0 bridgehead atoms. The summed E-state index contributed by atoms with van der Waals surface area (Å²) in [6.45, 7) is 8.23. The van der Waals surface area contributed by atoms with E-state index in [1.165, 1.54) is 5.56 Å². The van der Waals surface area contributed by atoms with Crippen LogP contribution >= 0.6 is 0 Å². The maximum Gasteiger partial charge on any atom is 0.254 e. The van der Waals surface area contributed by atoms with Crippen LogP contribution in [-0.2, 0) is 17.8 Å². The lowest BCUT2D eigenvalue weighted by atomic mass is 10.1. The third kappa shape index (κ3) is 3.09. The maximum absolute atomic E-state index is 12.8. The van der Waals surface area contributed by atoms with E-state index in [0.29, 0.717) is 26.3 Å². The number of aromatic nitrogens is 2. The van der Waals surface area contributed by atoms with Gasteiger partial charge in [0, 0.05) is 37.0 Å². The van der Waals surface area contributed by atoms with Crippen LogP contribution in [0.4, 0.5) is 5.95 Å². The molecule has 130 valence electrons. The molecule has 2 aliphatic rings. The van der Waals surface area contributed by atoms with Crippen LogP contribution in [0.5, 0.6) is 0 Å². The van der Waals surface area contributed by atoms with Gasteiger partial charge >= 0.3 is 0 Å². The Bertz CT molecular complexity index is 815. The monoisotopic (exact) mass is 338 g/mol. The van der Waals surface area contributed by atoms with E-state index in [4.69, 9.17) is 9.72 Å². The molecule has 1 aromatic heterocycles. The van der Waals surface area contributed by atoms with E-state index < -0.39 is 0 Å². The molecular weight excluding hydrogens is 316 g/mol. The number of rotatable bonds is 2. The second-order valence-corrected chi connectivity index (χ2v) is 6.70. The van der Waals surface area contributed by atoms with Crippen LogP contribution in [0, 0.1) is 13.8 Å². The molecule has 0 saturated carbocycles. The van der Waals surface area contributed by atoms with E-state index in [1.54, 1.807) is 0 Å². The van der Waals surface area contributed by atoms with Gasteiger partial charge in [0.15, 0.2) is 0 Å². The van der Waals surface area contributed by atoms with Crippen molar-refractivity contribution in [1.29, 1.82) is 0 Å². The first-order chi connectivity index (χ1) is 12.1. The quantitative estimate of drug-likeness (QED) is 0.839. The highest BCUT2D eigenvalue weighted by atomic mass is 16.5. The average Bonchev–Trinajstić information content (AvgIpc) is 3.07. The van der Waals surface area contributed by atoms with Crippen molar-refractivity contribution >= 4 is 11.9 Å². The van der Waals surface area contributed by atoms with E-state index >= 15 is 0 Å². The summed E-state index contributed by atoms with van der Waals surface area (Å²) in [6.07, 6.45) is 1.86. The fourth-order valence-electron chi connectivity index (χ4n) is 3.26. The zero-order valence-electron chi connectivity index (χ0n) is 14.7. The van der Waals surface area contributed by atoms with Crippen molar-refractivity contribution in [3.63, 3.8) is 0 Å². The molecule has 0 radical (unpaired) electrons. The minimum absolute atomic E-state index is 0.0500. The van der Waals surface area contributed by atoms with Crippen LogP contribution in [0.25, 0.3) is 0 Å². The molecule has 0 N–H and O–H groups in total. The second-order valence-electron chi connectivity index (χ2n) is 6.70. The molecule has 1 saturated heterocycles. The zero-order chi connectivity index (χ0) is 17.4. The first-order valence-electron chi connectivity index (χ1n) is 8.66. The number of morpholine rings is 1. The molecule has 2 aromatic rings. The van der Waals surface area contributed by atoms with Gasteiger partial charge < -0.3 is 14.5 Å². The Labute approximate surface area is 147 Å². The summed E-state index contributed by atoms with van der Waals surface area (Å²) in [7, 11) is 0. The van der Waals surface area contributed by atoms with E-state index in [2.05, 4.69) is 16.8 Å². The Kier molecular flexibility index (Phi) is 4.13. The smallest absolute Gasteiger partial charge is 0.254 e. The number of hydrogen-bond acceptors (Lipinski definition) is 5. The highest BCUT2D eigenvalue weighted by Crippen LogP contribution is 2.25. The molecule has 1 fully saturated rings. The number of benzene rings is 1. The summed E-state index contributed by atoms with van der Waals surface area (Å²) in [5.74, 6) is 0.788. The molecule has 6 nitrogen and oxygen atoms in total. The van der Waals surface area contributed by atoms with Crippen molar-refractivity contribution in [3.8, 4) is 0 Å². The number of fused-ring (bicyclic) bond motifs is 1. The standard InChI is InChI=1S/C19H22N4O2/c1-13-3-4-15(9-14(13)2)18(24)23-11-16-10-20-19(21-17(16)12-23)22-5-7-25-8-6-22/h3-4,9-10H,5-8,11-12H2,1-2H3. The number of nitrogens with zero attached hydrogens (tertiary/aromatic N) is 4. The Morgan fingerprint density at radius 3 is 2.68 bits per heavy atom.